The van der Waals surface area contributed by atoms with E-state index < -0.39 is 12.0 Å². The normalized spacial score (nSPS) is 17.4. The molecular formula is C26H29N3O3S2. The number of carbonyl (C=O) groups excluding carboxylic acids is 2. The van der Waals surface area contributed by atoms with Crippen LogP contribution in [0.25, 0.3) is 0 Å². The number of carbonyl (C=O) groups is 2. The van der Waals surface area contributed by atoms with Gasteiger partial charge in [0.1, 0.15) is 0 Å². The number of rotatable bonds is 8. The summed E-state index contributed by atoms with van der Waals surface area (Å²) in [4.78, 5) is 33.5. The highest BCUT2D eigenvalue weighted by Gasteiger charge is 2.40. The number of aliphatic imine (C=N–C) groups is 1. The Hall–Kier alpha value is -2.84. The lowest BCUT2D eigenvalue weighted by molar-refractivity contribution is -0.136. The van der Waals surface area contributed by atoms with Crippen LogP contribution in [0.2, 0.25) is 0 Å². The molecule has 0 aliphatic carbocycles. The predicted molar refractivity (Wildman–Crippen MR) is 139 cm³/mol. The Kier molecular flexibility index (Phi) is 7.58. The maximum atomic E-state index is 12.8. The number of allylic oxidation sites excluding steroid dienone is 1. The number of methoxy groups -OCH3 is 1. The van der Waals surface area contributed by atoms with E-state index in [9.17, 15) is 9.59 Å². The molecule has 2 aliphatic rings. The molecule has 0 unspecified atom stereocenters. The number of thioether (sulfide) groups is 1. The summed E-state index contributed by atoms with van der Waals surface area (Å²) in [5.41, 5.74) is 4.14. The molecule has 0 saturated carbocycles. The number of ether oxygens (including phenoxy) is 1. The fraction of sp³-hybridized carbons (Fsp3) is 0.346. The lowest BCUT2D eigenvalue weighted by Gasteiger charge is -2.36. The second kappa shape index (κ2) is 10.6. The van der Waals surface area contributed by atoms with Crippen molar-refractivity contribution < 1.29 is 14.3 Å². The molecule has 6 nitrogen and oxygen atoms in total. The topological polar surface area (TPSA) is 71.0 Å². The van der Waals surface area contributed by atoms with E-state index >= 15 is 0 Å². The summed E-state index contributed by atoms with van der Waals surface area (Å²) in [5, 5.41) is 7.79. The van der Waals surface area contributed by atoms with Crippen LogP contribution < -0.4 is 5.32 Å². The number of hydrogen-bond acceptors (Lipinski definition) is 7. The first kappa shape index (κ1) is 24.3. The van der Waals surface area contributed by atoms with Gasteiger partial charge in [0.05, 0.1) is 30.8 Å². The molecule has 4 rings (SSSR count). The first-order chi connectivity index (χ1) is 16.4. The zero-order valence-electron chi connectivity index (χ0n) is 19.8. The molecule has 34 heavy (non-hydrogen) atoms. The molecule has 178 valence electrons. The van der Waals surface area contributed by atoms with E-state index in [0.717, 1.165) is 22.8 Å². The number of esters is 1. The minimum absolute atomic E-state index is 0.0514. The molecule has 1 amide bonds. The second-order valence-electron chi connectivity index (χ2n) is 8.56. The molecule has 8 heteroatoms. The molecular weight excluding hydrogens is 466 g/mol. The molecule has 0 radical (unpaired) electrons. The molecule has 1 aromatic carbocycles. The number of hydrogen-bond donors (Lipinski definition) is 1. The second-order valence-corrected chi connectivity index (χ2v) is 10.4. The number of nitrogens with zero attached hydrogens (tertiary/aromatic N) is 2. The number of amidine groups is 1. The predicted octanol–water partition coefficient (Wildman–Crippen LogP) is 5.37. The van der Waals surface area contributed by atoms with Crippen LogP contribution in [0.4, 0.5) is 0 Å². The van der Waals surface area contributed by atoms with Crippen molar-refractivity contribution in [1.82, 2.24) is 10.2 Å². The van der Waals surface area contributed by atoms with Gasteiger partial charge in [0.2, 0.25) is 5.91 Å². The largest absolute Gasteiger partial charge is 0.466 e. The molecule has 1 N–H and O–H groups in total. The van der Waals surface area contributed by atoms with E-state index in [4.69, 9.17) is 4.74 Å². The zero-order valence-corrected chi connectivity index (χ0v) is 21.5. The molecule has 2 aromatic rings. The van der Waals surface area contributed by atoms with Gasteiger partial charge in [-0.25, -0.2) is 9.79 Å². The Labute approximate surface area is 208 Å². The minimum Gasteiger partial charge on any atom is -0.466 e. The number of benzene rings is 1. The van der Waals surface area contributed by atoms with E-state index in [2.05, 4.69) is 54.5 Å². The molecule has 1 aromatic heterocycles. The van der Waals surface area contributed by atoms with Crippen molar-refractivity contribution in [3.63, 3.8) is 0 Å². The summed E-state index contributed by atoms with van der Waals surface area (Å²) in [6.07, 6.45) is 1.03. The molecule has 0 saturated heterocycles. The van der Waals surface area contributed by atoms with E-state index in [-0.39, 0.29) is 12.3 Å². The maximum absolute atomic E-state index is 12.8. The third kappa shape index (κ3) is 5.13. The number of thiophene rings is 1. The molecule has 2 aliphatic heterocycles. The van der Waals surface area contributed by atoms with E-state index in [1.54, 1.807) is 11.3 Å². The quantitative estimate of drug-likeness (QED) is 0.499. The Morgan fingerprint density at radius 1 is 1.21 bits per heavy atom. The lowest BCUT2D eigenvalue weighted by atomic mass is 9.92. The van der Waals surface area contributed by atoms with Crippen LogP contribution in [0, 0.1) is 0 Å². The molecule has 0 spiro atoms. The summed E-state index contributed by atoms with van der Waals surface area (Å²) in [5.74, 6) is -0.0510. The van der Waals surface area contributed by atoms with Crippen molar-refractivity contribution in [3.8, 4) is 0 Å². The van der Waals surface area contributed by atoms with Crippen LogP contribution in [0.15, 0.2) is 69.1 Å². The van der Waals surface area contributed by atoms with Gasteiger partial charge in [-0.1, -0.05) is 55.9 Å². The van der Waals surface area contributed by atoms with Gasteiger partial charge in [-0.2, -0.15) is 0 Å². The lowest BCUT2D eigenvalue weighted by Crippen LogP contribution is -2.38. The maximum Gasteiger partial charge on any atom is 0.338 e. The summed E-state index contributed by atoms with van der Waals surface area (Å²) in [7, 11) is 1.39. The fourth-order valence-electron chi connectivity index (χ4n) is 4.13. The van der Waals surface area contributed by atoms with Crippen molar-refractivity contribution in [1.29, 1.82) is 0 Å². The van der Waals surface area contributed by atoms with E-state index in [1.807, 2.05) is 28.7 Å². The molecule has 1 atom stereocenters. The molecule has 0 fully saturated rings. The van der Waals surface area contributed by atoms with Crippen molar-refractivity contribution in [2.24, 2.45) is 4.99 Å². The summed E-state index contributed by atoms with van der Waals surface area (Å²) in [6, 6.07) is 12.0. The number of nitrogens with one attached hydrogen (secondary N) is 1. The zero-order chi connectivity index (χ0) is 24.2. The minimum atomic E-state index is -0.408. The summed E-state index contributed by atoms with van der Waals surface area (Å²) < 4.78 is 5.13. The highest BCUT2D eigenvalue weighted by Crippen LogP contribution is 2.44. The van der Waals surface area contributed by atoms with Crippen LogP contribution in [0.1, 0.15) is 55.2 Å². The average molecular weight is 496 g/mol. The third-order valence-corrected chi connectivity index (χ3v) is 7.77. The smallest absolute Gasteiger partial charge is 0.338 e. The van der Waals surface area contributed by atoms with Crippen LogP contribution in [0.3, 0.4) is 0 Å². The Morgan fingerprint density at radius 2 is 1.97 bits per heavy atom. The van der Waals surface area contributed by atoms with Gasteiger partial charge in [0.25, 0.3) is 0 Å². The van der Waals surface area contributed by atoms with Crippen LogP contribution in [-0.4, -0.2) is 35.6 Å². The van der Waals surface area contributed by atoms with Gasteiger partial charge >= 0.3 is 5.97 Å². The van der Waals surface area contributed by atoms with E-state index in [1.165, 1.54) is 29.3 Å². The third-order valence-electron chi connectivity index (χ3n) is 5.94. The highest BCUT2D eigenvalue weighted by atomic mass is 32.2. The molecule has 0 bridgehead atoms. The van der Waals surface area contributed by atoms with Crippen LogP contribution in [-0.2, 0) is 20.7 Å². The van der Waals surface area contributed by atoms with Crippen molar-refractivity contribution in [3.05, 3.63) is 80.2 Å². The van der Waals surface area contributed by atoms with Gasteiger partial charge in [-0.3, -0.25) is 4.79 Å². The Morgan fingerprint density at radius 3 is 2.62 bits per heavy atom. The highest BCUT2D eigenvalue weighted by molar-refractivity contribution is 8.16. The van der Waals surface area contributed by atoms with E-state index in [0.29, 0.717) is 23.7 Å². The SMILES string of the molecule is COC(=O)C1=C(C)N=C2SC=C(CC(=O)NCCc3cccs3)N2[C@H]1c1ccc(C(C)C)cc1. The van der Waals surface area contributed by atoms with Gasteiger partial charge < -0.3 is 15.0 Å². The average Bonchev–Trinajstić information content (AvgIpc) is 3.48. The summed E-state index contributed by atoms with van der Waals surface area (Å²) in [6.45, 7) is 6.73. The number of amides is 1. The van der Waals surface area contributed by atoms with Gasteiger partial charge in [0.15, 0.2) is 5.17 Å². The van der Waals surface area contributed by atoms with Crippen molar-refractivity contribution >= 4 is 40.1 Å². The van der Waals surface area contributed by atoms with Gasteiger partial charge in [0, 0.05) is 17.1 Å². The Balaban J connectivity index is 1.57. The summed E-state index contributed by atoms with van der Waals surface area (Å²) >= 11 is 3.17. The first-order valence-electron chi connectivity index (χ1n) is 11.3. The van der Waals surface area contributed by atoms with Crippen molar-refractivity contribution in [2.75, 3.05) is 13.7 Å². The number of fused-ring (bicyclic) bond motifs is 1. The Bertz CT molecular complexity index is 1150. The van der Waals surface area contributed by atoms with Crippen LogP contribution >= 0.6 is 23.1 Å². The molecule has 3 heterocycles. The van der Waals surface area contributed by atoms with Gasteiger partial charge in [-0.15, -0.1) is 11.3 Å². The van der Waals surface area contributed by atoms with Crippen LogP contribution in [0.5, 0.6) is 0 Å². The standard InChI is InChI=1S/C26H29N3O3S2/c1-16(2)18-7-9-19(10-8-18)24-23(25(31)32-4)17(3)28-26-29(24)20(15-34-26)14-22(30)27-12-11-21-6-5-13-33-21/h5-10,13,15-16,24H,11-12,14H2,1-4H3,(H,27,30)/t24-/m0/s1. The first-order valence-corrected chi connectivity index (χ1v) is 13.1. The monoisotopic (exact) mass is 495 g/mol. The van der Waals surface area contributed by atoms with Gasteiger partial charge in [-0.05, 0) is 47.2 Å². The van der Waals surface area contributed by atoms with Crippen molar-refractivity contribution in [2.45, 2.75) is 45.6 Å². The fourth-order valence-corrected chi connectivity index (χ4v) is 5.80.